The van der Waals surface area contributed by atoms with E-state index in [1.165, 1.54) is 35.4 Å². The molecule has 8 heteroatoms. The summed E-state index contributed by atoms with van der Waals surface area (Å²) in [6.07, 6.45) is 3.14. The molecular weight excluding hydrogens is 385 g/mol. The summed E-state index contributed by atoms with van der Waals surface area (Å²) in [5, 5.41) is 0.455. The maximum absolute atomic E-state index is 12.1. The fourth-order valence-corrected chi connectivity index (χ4v) is 3.94. The van der Waals surface area contributed by atoms with Crippen LogP contribution in [-0.4, -0.2) is 20.9 Å². The van der Waals surface area contributed by atoms with Gasteiger partial charge >= 0.3 is 35.5 Å². The molecule has 0 aliphatic heterocycles. The Morgan fingerprint density at radius 2 is 1.81 bits per heavy atom. The average molecular weight is 404 g/mol. The molecule has 134 valence electrons. The molecule has 2 aromatic rings. The Balaban J connectivity index is 0.00000182. The standard InChI is InChI=1S/C18H18ClNO4S.Na.H/c19-15-5-8-17(9-6-15)25(22,23)20-11-10-18(21)24-16-7-4-13-2-1-3-14(13)12-16;;/h4-9,12,20H,1-3,10-11H2;;/q;+1;-1. The molecule has 0 bridgehead atoms. The quantitative estimate of drug-likeness (QED) is 0.425. The van der Waals surface area contributed by atoms with E-state index in [-0.39, 0.29) is 48.8 Å². The van der Waals surface area contributed by atoms with Gasteiger partial charge in [-0.15, -0.1) is 0 Å². The summed E-state index contributed by atoms with van der Waals surface area (Å²) in [5.41, 5.74) is 2.52. The molecule has 2 aromatic carbocycles. The van der Waals surface area contributed by atoms with Gasteiger partial charge in [-0.1, -0.05) is 17.7 Å². The summed E-state index contributed by atoms with van der Waals surface area (Å²) < 4.78 is 31.9. The second-order valence-corrected chi connectivity index (χ2v) is 8.06. The van der Waals surface area contributed by atoms with Gasteiger partial charge in [0.2, 0.25) is 10.0 Å². The van der Waals surface area contributed by atoms with E-state index in [0.717, 1.165) is 19.3 Å². The third-order valence-electron chi connectivity index (χ3n) is 4.05. The van der Waals surface area contributed by atoms with Gasteiger partial charge in [-0.05, 0) is 66.8 Å². The number of fused-ring (bicyclic) bond motifs is 1. The van der Waals surface area contributed by atoms with Crippen LogP contribution in [0.15, 0.2) is 47.4 Å². The largest absolute Gasteiger partial charge is 1.00 e. The molecule has 0 spiro atoms. The van der Waals surface area contributed by atoms with Crippen LogP contribution in [0.4, 0.5) is 0 Å². The first kappa shape index (κ1) is 21.4. The molecule has 1 aliphatic rings. The van der Waals surface area contributed by atoms with Crippen molar-refractivity contribution in [3.8, 4) is 5.75 Å². The van der Waals surface area contributed by atoms with Crippen molar-refractivity contribution in [2.24, 2.45) is 0 Å². The van der Waals surface area contributed by atoms with Gasteiger partial charge in [0.1, 0.15) is 5.75 Å². The van der Waals surface area contributed by atoms with Gasteiger partial charge in [0.25, 0.3) is 0 Å². The normalized spacial score (nSPS) is 13.0. The predicted octanol–water partition coefficient (Wildman–Crippen LogP) is 0.219. The fourth-order valence-electron chi connectivity index (χ4n) is 2.78. The first-order valence-corrected chi connectivity index (χ1v) is 9.88. The number of esters is 1. The molecule has 0 amide bonds. The molecule has 0 saturated heterocycles. The Kier molecular flexibility index (Phi) is 7.70. The van der Waals surface area contributed by atoms with Crippen LogP contribution in [0.1, 0.15) is 25.4 Å². The van der Waals surface area contributed by atoms with Gasteiger partial charge in [-0.2, -0.15) is 0 Å². The predicted molar refractivity (Wildman–Crippen MR) is 96.5 cm³/mol. The smallest absolute Gasteiger partial charge is 1.00 e. The Bertz CT molecular complexity index is 891. The second kappa shape index (κ2) is 9.35. The molecule has 0 unspecified atom stereocenters. The van der Waals surface area contributed by atoms with E-state index in [2.05, 4.69) is 4.72 Å². The second-order valence-electron chi connectivity index (χ2n) is 5.86. The Morgan fingerprint density at radius 1 is 1.12 bits per heavy atom. The molecule has 0 saturated carbocycles. The number of carbonyl (C=O) groups excluding carboxylic acids is 1. The van der Waals surface area contributed by atoms with E-state index in [1.54, 1.807) is 6.07 Å². The number of hydrogen-bond acceptors (Lipinski definition) is 4. The molecule has 0 radical (unpaired) electrons. The maximum Gasteiger partial charge on any atom is 1.00 e. The first-order valence-electron chi connectivity index (χ1n) is 8.02. The average Bonchev–Trinajstić information content (AvgIpc) is 3.02. The Labute approximate surface area is 181 Å². The number of nitrogens with one attached hydrogen (secondary N) is 1. The summed E-state index contributed by atoms with van der Waals surface area (Å²) >= 11 is 5.74. The number of sulfonamides is 1. The minimum atomic E-state index is -3.67. The van der Waals surface area contributed by atoms with Gasteiger partial charge in [-0.3, -0.25) is 4.79 Å². The van der Waals surface area contributed by atoms with E-state index < -0.39 is 16.0 Å². The number of hydrogen-bond donors (Lipinski definition) is 1. The van der Waals surface area contributed by atoms with E-state index >= 15 is 0 Å². The molecule has 1 aliphatic carbocycles. The zero-order chi connectivity index (χ0) is 17.9. The number of aryl methyl sites for hydroxylation is 2. The number of benzene rings is 2. The zero-order valence-corrected chi connectivity index (χ0v) is 18.1. The van der Waals surface area contributed by atoms with Gasteiger partial charge < -0.3 is 6.16 Å². The van der Waals surface area contributed by atoms with E-state index in [9.17, 15) is 13.2 Å². The van der Waals surface area contributed by atoms with Crippen LogP contribution in [0, 0.1) is 0 Å². The van der Waals surface area contributed by atoms with E-state index in [0.29, 0.717) is 10.8 Å². The van der Waals surface area contributed by atoms with Crippen LogP contribution < -0.4 is 39.0 Å². The van der Waals surface area contributed by atoms with Crippen molar-refractivity contribution < 1.29 is 48.9 Å². The summed E-state index contributed by atoms with van der Waals surface area (Å²) in [7, 11) is -3.67. The zero-order valence-electron chi connectivity index (χ0n) is 15.5. The summed E-state index contributed by atoms with van der Waals surface area (Å²) in [4.78, 5) is 12.0. The minimum Gasteiger partial charge on any atom is -1.00 e. The van der Waals surface area contributed by atoms with Gasteiger partial charge in [0, 0.05) is 11.6 Å². The van der Waals surface area contributed by atoms with E-state index in [1.807, 2.05) is 12.1 Å². The van der Waals surface area contributed by atoms with Crippen molar-refractivity contribution >= 4 is 27.6 Å². The number of ether oxygens (including phenoxy) is 1. The molecule has 0 atom stereocenters. The number of rotatable bonds is 6. The van der Waals surface area contributed by atoms with Crippen LogP contribution in [0.2, 0.25) is 5.02 Å². The fraction of sp³-hybridized carbons (Fsp3) is 0.278. The van der Waals surface area contributed by atoms with Crippen molar-refractivity contribution in [2.75, 3.05) is 6.54 Å². The van der Waals surface area contributed by atoms with Gasteiger partial charge in [0.15, 0.2) is 0 Å². The minimum absolute atomic E-state index is 0. The molecule has 0 fully saturated rings. The molecule has 0 heterocycles. The van der Waals surface area contributed by atoms with Crippen LogP contribution >= 0.6 is 11.6 Å². The molecular formula is C18H19ClNNaO4S. The van der Waals surface area contributed by atoms with Gasteiger partial charge in [0.05, 0.1) is 11.3 Å². The third-order valence-corrected chi connectivity index (χ3v) is 5.78. The topological polar surface area (TPSA) is 72.5 Å². The molecule has 0 aromatic heterocycles. The monoisotopic (exact) mass is 403 g/mol. The van der Waals surface area contributed by atoms with Gasteiger partial charge in [-0.25, -0.2) is 13.1 Å². The molecule has 26 heavy (non-hydrogen) atoms. The van der Waals surface area contributed by atoms with Crippen molar-refractivity contribution in [1.82, 2.24) is 4.72 Å². The van der Waals surface area contributed by atoms with Crippen molar-refractivity contribution in [2.45, 2.75) is 30.6 Å². The Morgan fingerprint density at radius 3 is 2.54 bits per heavy atom. The Hall–Kier alpha value is -0.890. The van der Waals surface area contributed by atoms with Crippen LogP contribution in [-0.2, 0) is 27.7 Å². The molecule has 3 rings (SSSR count). The summed E-state index contributed by atoms with van der Waals surface area (Å²) in [5.74, 6) is 0.0305. The molecule has 5 nitrogen and oxygen atoms in total. The maximum atomic E-state index is 12.1. The number of halogens is 1. The van der Waals surface area contributed by atoms with Crippen LogP contribution in [0.5, 0.6) is 5.75 Å². The molecule has 1 N–H and O–H groups in total. The van der Waals surface area contributed by atoms with Crippen molar-refractivity contribution in [3.05, 3.63) is 58.6 Å². The van der Waals surface area contributed by atoms with Crippen LogP contribution in [0.3, 0.4) is 0 Å². The van der Waals surface area contributed by atoms with E-state index in [4.69, 9.17) is 16.3 Å². The summed E-state index contributed by atoms with van der Waals surface area (Å²) in [6.45, 7) is -0.0330. The summed E-state index contributed by atoms with van der Waals surface area (Å²) in [6, 6.07) is 11.5. The van der Waals surface area contributed by atoms with Crippen molar-refractivity contribution in [3.63, 3.8) is 0 Å². The number of carbonyl (C=O) groups is 1. The first-order chi connectivity index (χ1) is 11.9. The SMILES string of the molecule is O=C(CCNS(=O)(=O)c1ccc(Cl)cc1)Oc1ccc2c(c1)CCC2.[H-].[Na+]. The third kappa shape index (κ3) is 5.55. The van der Waals surface area contributed by atoms with Crippen LogP contribution in [0.25, 0.3) is 0 Å². The van der Waals surface area contributed by atoms with Crippen molar-refractivity contribution in [1.29, 1.82) is 0 Å².